The number of likely N-dealkylation sites (tertiary alicyclic amines) is 1. The second-order valence-electron chi connectivity index (χ2n) is 7.52. The Hall–Kier alpha value is -1.85. The monoisotopic (exact) mass is 345 g/mol. The fraction of sp³-hybridized carbons (Fsp3) is 0.550. The van der Waals surface area contributed by atoms with E-state index in [1.807, 2.05) is 13.0 Å². The largest absolute Gasteiger partial charge is 0.504 e. The highest BCUT2D eigenvalue weighted by atomic mass is 16.3. The Balaban J connectivity index is 2.23. The minimum Gasteiger partial charge on any atom is -0.504 e. The number of phenolic OH excluding ortho intramolecular Hbond substituents is 2. The number of hydrogen-bond donors (Lipinski definition) is 3. The van der Waals surface area contributed by atoms with Gasteiger partial charge in [0.1, 0.15) is 5.78 Å². The molecule has 1 fully saturated rings. The van der Waals surface area contributed by atoms with Gasteiger partial charge < -0.3 is 15.3 Å². The van der Waals surface area contributed by atoms with Gasteiger partial charge in [-0.1, -0.05) is 19.1 Å². The molecule has 2 bridgehead atoms. The number of phenols is 2. The quantitative estimate of drug-likeness (QED) is 0.563. The Morgan fingerprint density at radius 1 is 1.44 bits per heavy atom. The summed E-state index contributed by atoms with van der Waals surface area (Å²) >= 11 is 0. The Kier molecular flexibility index (Phi) is 4.41. The van der Waals surface area contributed by atoms with E-state index in [4.69, 9.17) is 0 Å². The molecule has 1 aromatic carbocycles. The number of aromatic hydroxyl groups is 2. The summed E-state index contributed by atoms with van der Waals surface area (Å²) in [6, 6.07) is 3.12. The maximum absolute atomic E-state index is 12.4. The third-order valence-corrected chi connectivity index (χ3v) is 6.28. The van der Waals surface area contributed by atoms with Crippen molar-refractivity contribution in [3.8, 4) is 11.5 Å². The van der Waals surface area contributed by atoms with E-state index in [1.165, 1.54) is 6.07 Å². The first-order valence-electron chi connectivity index (χ1n) is 8.91. The first kappa shape index (κ1) is 18.0. The Labute approximate surface area is 148 Å². The summed E-state index contributed by atoms with van der Waals surface area (Å²) in [6.45, 7) is 8.75. The number of benzene rings is 1. The van der Waals surface area contributed by atoms with Crippen molar-refractivity contribution in [2.45, 2.75) is 56.6 Å². The highest BCUT2D eigenvalue weighted by Crippen LogP contribution is 2.57. The summed E-state index contributed by atoms with van der Waals surface area (Å²) < 4.78 is 0. The predicted molar refractivity (Wildman–Crippen MR) is 95.9 cm³/mol. The van der Waals surface area contributed by atoms with Gasteiger partial charge in [-0.15, -0.1) is 6.58 Å². The first-order chi connectivity index (χ1) is 11.8. The number of Topliss-reactive ketones (excluding diaryl/α,β-unsaturated/α-hetero) is 1. The maximum atomic E-state index is 12.4. The zero-order valence-electron chi connectivity index (χ0n) is 15.0. The van der Waals surface area contributed by atoms with Crippen LogP contribution in [-0.4, -0.2) is 50.7 Å². The molecule has 5 nitrogen and oxygen atoms in total. The maximum Gasteiger partial charge on any atom is 0.161 e. The van der Waals surface area contributed by atoms with E-state index in [0.717, 1.165) is 5.56 Å². The van der Waals surface area contributed by atoms with Gasteiger partial charge in [0.05, 0.1) is 5.60 Å². The van der Waals surface area contributed by atoms with Crippen molar-refractivity contribution >= 4 is 5.78 Å². The number of ketones is 1. The Morgan fingerprint density at radius 2 is 2.16 bits per heavy atom. The molecule has 0 saturated carbocycles. The number of carbonyl (C=O) groups is 1. The molecule has 25 heavy (non-hydrogen) atoms. The van der Waals surface area contributed by atoms with Crippen LogP contribution >= 0.6 is 0 Å². The summed E-state index contributed by atoms with van der Waals surface area (Å²) in [7, 11) is 0. The van der Waals surface area contributed by atoms with Crippen molar-refractivity contribution < 1.29 is 20.1 Å². The van der Waals surface area contributed by atoms with Crippen LogP contribution in [0.15, 0.2) is 24.8 Å². The zero-order valence-corrected chi connectivity index (χ0v) is 15.0. The average Bonchev–Trinajstić information content (AvgIpc) is 2.55. The second kappa shape index (κ2) is 6.15. The Bertz CT molecular complexity index is 712. The molecule has 0 aromatic heterocycles. The molecule has 0 radical (unpaired) electrons. The van der Waals surface area contributed by atoms with Gasteiger partial charge >= 0.3 is 0 Å². The highest BCUT2D eigenvalue weighted by molar-refractivity contribution is 5.81. The third-order valence-electron chi connectivity index (χ3n) is 6.28. The molecule has 2 unspecified atom stereocenters. The summed E-state index contributed by atoms with van der Waals surface area (Å²) in [5.41, 5.74) is -0.644. The minimum atomic E-state index is -1.20. The topological polar surface area (TPSA) is 81.0 Å². The number of carbonyl (C=O) groups excluding carboxylic acids is 1. The van der Waals surface area contributed by atoms with Crippen LogP contribution < -0.4 is 0 Å². The van der Waals surface area contributed by atoms with E-state index in [1.54, 1.807) is 13.0 Å². The summed E-state index contributed by atoms with van der Waals surface area (Å²) in [5.74, 6) is -0.353. The molecule has 2 aliphatic rings. The molecule has 3 rings (SSSR count). The lowest BCUT2D eigenvalue weighted by Crippen LogP contribution is -2.70. The zero-order chi connectivity index (χ0) is 18.4. The van der Waals surface area contributed by atoms with Crippen molar-refractivity contribution in [3.05, 3.63) is 35.9 Å². The predicted octanol–water partition coefficient (Wildman–Crippen LogP) is 2.27. The fourth-order valence-corrected chi connectivity index (χ4v) is 4.86. The fourth-order valence-electron chi connectivity index (χ4n) is 4.86. The van der Waals surface area contributed by atoms with Crippen molar-refractivity contribution in [1.82, 2.24) is 4.90 Å². The van der Waals surface area contributed by atoms with Crippen LogP contribution in [0.3, 0.4) is 0 Å². The van der Waals surface area contributed by atoms with Crippen molar-refractivity contribution in [2.24, 2.45) is 0 Å². The molecule has 3 N–H and O–H groups in total. The normalized spacial score (nSPS) is 31.4. The molecular formula is C20H27NO4. The summed E-state index contributed by atoms with van der Waals surface area (Å²) in [4.78, 5) is 14.6. The summed E-state index contributed by atoms with van der Waals surface area (Å²) in [5, 5.41) is 32.2. The van der Waals surface area contributed by atoms with Crippen LogP contribution in [0.4, 0.5) is 0 Å². The molecule has 1 heterocycles. The van der Waals surface area contributed by atoms with Gasteiger partial charge in [-0.2, -0.15) is 0 Å². The van der Waals surface area contributed by atoms with Crippen molar-refractivity contribution in [3.63, 3.8) is 0 Å². The van der Waals surface area contributed by atoms with E-state index in [-0.39, 0.29) is 29.7 Å². The molecule has 136 valence electrons. The lowest BCUT2D eigenvalue weighted by atomic mass is 9.53. The first-order valence-corrected chi connectivity index (χ1v) is 8.91. The molecule has 1 aliphatic carbocycles. The van der Waals surface area contributed by atoms with E-state index < -0.39 is 11.0 Å². The van der Waals surface area contributed by atoms with E-state index in [2.05, 4.69) is 11.5 Å². The van der Waals surface area contributed by atoms with Gasteiger partial charge in [0.15, 0.2) is 11.5 Å². The van der Waals surface area contributed by atoms with Gasteiger partial charge in [0, 0.05) is 36.4 Å². The van der Waals surface area contributed by atoms with Gasteiger partial charge in [-0.3, -0.25) is 9.69 Å². The van der Waals surface area contributed by atoms with Crippen molar-refractivity contribution in [2.75, 3.05) is 13.1 Å². The van der Waals surface area contributed by atoms with Crippen molar-refractivity contribution in [1.29, 1.82) is 0 Å². The van der Waals surface area contributed by atoms with Crippen LogP contribution in [0, 0.1) is 0 Å². The smallest absolute Gasteiger partial charge is 0.161 e. The van der Waals surface area contributed by atoms with Crippen LogP contribution in [0.2, 0.25) is 0 Å². The molecule has 1 saturated heterocycles. The van der Waals surface area contributed by atoms with Gasteiger partial charge in [-0.05, 0) is 37.9 Å². The lowest BCUT2D eigenvalue weighted by Gasteiger charge is -2.60. The molecular weight excluding hydrogens is 318 g/mol. The average molecular weight is 345 g/mol. The van der Waals surface area contributed by atoms with Crippen LogP contribution in [-0.2, 0) is 16.6 Å². The molecule has 1 aliphatic heterocycles. The third kappa shape index (κ3) is 2.49. The number of rotatable bonds is 5. The van der Waals surface area contributed by atoms with Gasteiger partial charge in [0.2, 0.25) is 0 Å². The minimum absolute atomic E-state index is 0.0480. The molecule has 3 atom stereocenters. The lowest BCUT2D eigenvalue weighted by molar-refractivity contribution is -0.146. The van der Waals surface area contributed by atoms with Crippen LogP contribution in [0.25, 0.3) is 0 Å². The number of piperidine rings is 1. The van der Waals surface area contributed by atoms with E-state index in [9.17, 15) is 20.1 Å². The number of aliphatic hydroxyl groups is 1. The number of hydrogen-bond acceptors (Lipinski definition) is 5. The number of fused-ring (bicyclic) bond motifs is 4. The standard InChI is InChI=1S/C20H27NO4/c1-4-9-21-10-8-20(12-14(22)5-2)17-13(6-7-15(23)18(17)24)11-16(21)19(20,3)25/h4,6-7,16,23-25H,1,5,8-12H2,2-3H3/t16?,19?,20-/m1/s1. The molecule has 0 amide bonds. The molecule has 1 aromatic rings. The second-order valence-corrected chi connectivity index (χ2v) is 7.52. The van der Waals surface area contributed by atoms with Gasteiger partial charge in [0.25, 0.3) is 0 Å². The van der Waals surface area contributed by atoms with E-state index in [0.29, 0.717) is 37.9 Å². The summed E-state index contributed by atoms with van der Waals surface area (Å²) in [6.07, 6.45) is 3.48. The highest BCUT2D eigenvalue weighted by Gasteiger charge is 2.61. The molecule has 5 heteroatoms. The van der Waals surface area contributed by atoms with Gasteiger partial charge in [-0.25, -0.2) is 0 Å². The number of nitrogens with zero attached hydrogens (tertiary/aromatic N) is 1. The van der Waals surface area contributed by atoms with Crippen LogP contribution in [0.1, 0.15) is 44.2 Å². The van der Waals surface area contributed by atoms with E-state index >= 15 is 0 Å². The van der Waals surface area contributed by atoms with Crippen LogP contribution in [0.5, 0.6) is 11.5 Å². The molecule has 0 spiro atoms. The SMILES string of the molecule is C=CCN1CC[C@@]2(CC(=O)CC)c3c(ccc(O)c3O)CC1C2(C)O. The Morgan fingerprint density at radius 3 is 2.80 bits per heavy atom.